The fourth-order valence-electron chi connectivity index (χ4n) is 2.80. The Kier molecular flexibility index (Phi) is 7.48. The quantitative estimate of drug-likeness (QED) is 0.207. The van der Waals surface area contributed by atoms with E-state index in [-0.39, 0.29) is 22.8 Å². The summed E-state index contributed by atoms with van der Waals surface area (Å²) in [5, 5.41) is 22.9. The van der Waals surface area contributed by atoms with Crippen LogP contribution < -0.4 is 19.6 Å². The van der Waals surface area contributed by atoms with Gasteiger partial charge in [-0.3, -0.25) is 4.79 Å². The zero-order valence-electron chi connectivity index (χ0n) is 17.9. The van der Waals surface area contributed by atoms with Crippen LogP contribution in [0.2, 0.25) is 0 Å². The van der Waals surface area contributed by atoms with E-state index in [2.05, 4.69) is 10.5 Å². The summed E-state index contributed by atoms with van der Waals surface area (Å²) in [5.74, 6) is -0.586. The number of benzene rings is 3. The zero-order valence-corrected chi connectivity index (χ0v) is 17.9. The lowest BCUT2D eigenvalue weighted by Crippen LogP contribution is -2.17. The molecule has 3 aromatic rings. The second-order valence-corrected chi connectivity index (χ2v) is 6.66. The maximum Gasteiger partial charge on any atom is 0.343 e. The Morgan fingerprint density at radius 3 is 2.42 bits per heavy atom. The molecule has 3 aromatic carbocycles. The normalized spacial score (nSPS) is 10.6. The van der Waals surface area contributed by atoms with Gasteiger partial charge in [0.1, 0.15) is 17.2 Å². The number of hydrogen-bond acceptors (Lipinski definition) is 8. The molecule has 0 saturated heterocycles. The highest BCUT2D eigenvalue weighted by Gasteiger charge is 2.14. The molecular formula is C24H22N2O7. The van der Waals surface area contributed by atoms with Gasteiger partial charge in [0.2, 0.25) is 0 Å². The predicted molar refractivity (Wildman–Crippen MR) is 120 cm³/mol. The summed E-state index contributed by atoms with van der Waals surface area (Å²) in [6.45, 7) is 2.40. The van der Waals surface area contributed by atoms with E-state index in [1.807, 2.05) is 6.92 Å². The number of amides is 1. The van der Waals surface area contributed by atoms with Gasteiger partial charge in [0, 0.05) is 6.07 Å². The number of ether oxygens (including phenoxy) is 3. The van der Waals surface area contributed by atoms with E-state index in [1.165, 1.54) is 25.5 Å². The highest BCUT2D eigenvalue weighted by molar-refractivity contribution is 5.97. The molecule has 0 aliphatic carbocycles. The minimum absolute atomic E-state index is 0.0425. The first-order chi connectivity index (χ1) is 15.9. The number of carbonyl (C=O) groups is 2. The largest absolute Gasteiger partial charge is 0.508 e. The van der Waals surface area contributed by atoms with Gasteiger partial charge in [-0.05, 0) is 67.1 Å². The number of nitrogens with zero attached hydrogens (tertiary/aromatic N) is 1. The third kappa shape index (κ3) is 6.01. The van der Waals surface area contributed by atoms with Crippen LogP contribution in [0.4, 0.5) is 0 Å². The van der Waals surface area contributed by atoms with Gasteiger partial charge >= 0.3 is 5.97 Å². The number of carbonyl (C=O) groups excluding carboxylic acids is 2. The summed E-state index contributed by atoms with van der Waals surface area (Å²) in [4.78, 5) is 24.5. The van der Waals surface area contributed by atoms with E-state index < -0.39 is 11.9 Å². The van der Waals surface area contributed by atoms with Crippen molar-refractivity contribution < 1.29 is 34.0 Å². The summed E-state index contributed by atoms with van der Waals surface area (Å²) in [6.07, 6.45) is 1.36. The summed E-state index contributed by atoms with van der Waals surface area (Å²) in [5.41, 5.74) is 3.15. The Morgan fingerprint density at radius 2 is 1.76 bits per heavy atom. The van der Waals surface area contributed by atoms with Gasteiger partial charge < -0.3 is 24.4 Å². The van der Waals surface area contributed by atoms with Crippen molar-refractivity contribution in [2.75, 3.05) is 13.7 Å². The zero-order chi connectivity index (χ0) is 23.8. The number of hydrogen-bond donors (Lipinski definition) is 3. The SMILES string of the molecule is CCOc1ccc(C(=O)Oc2ccc(C=NNC(=O)c3ccc(O)cc3O)cc2OC)cc1. The van der Waals surface area contributed by atoms with Gasteiger partial charge in [-0.25, -0.2) is 10.2 Å². The lowest BCUT2D eigenvalue weighted by Gasteiger charge is -2.10. The summed E-state index contributed by atoms with van der Waals surface area (Å²) < 4.78 is 16.1. The van der Waals surface area contributed by atoms with E-state index in [0.717, 1.165) is 6.07 Å². The van der Waals surface area contributed by atoms with Gasteiger partial charge in [0.25, 0.3) is 5.91 Å². The number of rotatable bonds is 8. The van der Waals surface area contributed by atoms with Gasteiger partial charge in [-0.1, -0.05) is 0 Å². The second kappa shape index (κ2) is 10.7. The van der Waals surface area contributed by atoms with Crippen molar-refractivity contribution in [1.82, 2.24) is 5.43 Å². The molecule has 0 fully saturated rings. The number of methoxy groups -OCH3 is 1. The topological polar surface area (TPSA) is 127 Å². The molecule has 0 heterocycles. The van der Waals surface area contributed by atoms with E-state index in [4.69, 9.17) is 14.2 Å². The van der Waals surface area contributed by atoms with Gasteiger partial charge in [0.05, 0.1) is 31.1 Å². The molecule has 33 heavy (non-hydrogen) atoms. The highest BCUT2D eigenvalue weighted by Crippen LogP contribution is 2.28. The first kappa shape index (κ1) is 23.1. The molecule has 0 aliphatic rings. The van der Waals surface area contributed by atoms with Gasteiger partial charge in [-0.15, -0.1) is 0 Å². The van der Waals surface area contributed by atoms with Crippen molar-refractivity contribution >= 4 is 18.1 Å². The van der Waals surface area contributed by atoms with Crippen LogP contribution in [-0.2, 0) is 0 Å². The van der Waals surface area contributed by atoms with Crippen LogP contribution in [0.5, 0.6) is 28.7 Å². The van der Waals surface area contributed by atoms with Gasteiger partial charge in [0.15, 0.2) is 11.5 Å². The number of hydrazone groups is 1. The first-order valence-electron chi connectivity index (χ1n) is 9.89. The summed E-state index contributed by atoms with van der Waals surface area (Å²) in [6, 6.07) is 14.9. The smallest absolute Gasteiger partial charge is 0.343 e. The first-order valence-corrected chi connectivity index (χ1v) is 9.89. The van der Waals surface area contributed by atoms with E-state index in [0.29, 0.717) is 29.2 Å². The van der Waals surface area contributed by atoms with Crippen LogP contribution >= 0.6 is 0 Å². The van der Waals surface area contributed by atoms with E-state index >= 15 is 0 Å². The third-order valence-electron chi connectivity index (χ3n) is 4.40. The Balaban J connectivity index is 1.66. The third-order valence-corrected chi connectivity index (χ3v) is 4.40. The molecule has 0 saturated carbocycles. The fraction of sp³-hybridized carbons (Fsp3) is 0.125. The molecule has 0 aliphatic heterocycles. The van der Waals surface area contributed by atoms with Crippen LogP contribution in [0.3, 0.4) is 0 Å². The van der Waals surface area contributed by atoms with Gasteiger partial charge in [-0.2, -0.15) is 5.10 Å². The van der Waals surface area contributed by atoms with Crippen LogP contribution in [0.1, 0.15) is 33.2 Å². The van der Waals surface area contributed by atoms with Crippen molar-refractivity contribution in [3.05, 3.63) is 77.4 Å². The summed E-state index contributed by atoms with van der Waals surface area (Å²) in [7, 11) is 1.43. The molecule has 1 amide bonds. The maximum absolute atomic E-state index is 12.4. The van der Waals surface area contributed by atoms with Crippen molar-refractivity contribution in [1.29, 1.82) is 0 Å². The molecule has 3 rings (SSSR count). The average Bonchev–Trinajstić information content (AvgIpc) is 2.80. The van der Waals surface area contributed by atoms with Crippen LogP contribution in [0.25, 0.3) is 0 Å². The second-order valence-electron chi connectivity index (χ2n) is 6.66. The van der Waals surface area contributed by atoms with E-state index in [9.17, 15) is 19.8 Å². The monoisotopic (exact) mass is 450 g/mol. The molecule has 0 atom stereocenters. The molecular weight excluding hydrogens is 428 g/mol. The lowest BCUT2D eigenvalue weighted by molar-refractivity contribution is 0.0729. The minimum Gasteiger partial charge on any atom is -0.508 e. The van der Waals surface area contributed by atoms with Crippen LogP contribution in [0, 0.1) is 0 Å². The lowest BCUT2D eigenvalue weighted by atomic mass is 10.2. The molecule has 0 radical (unpaired) electrons. The van der Waals surface area contributed by atoms with Crippen molar-refractivity contribution in [3.63, 3.8) is 0 Å². The highest BCUT2D eigenvalue weighted by atomic mass is 16.6. The number of esters is 1. The molecule has 0 bridgehead atoms. The standard InChI is InChI=1S/C24H22N2O7/c1-3-32-18-8-5-16(6-9-18)24(30)33-21-11-4-15(12-22(21)31-2)14-25-26-23(29)19-10-7-17(27)13-20(19)28/h4-14,27-28H,3H2,1-2H3,(H,26,29). The number of phenols is 2. The van der Waals surface area contributed by atoms with Crippen molar-refractivity contribution in [2.45, 2.75) is 6.92 Å². The number of aromatic hydroxyl groups is 2. The number of phenolic OH excluding ortho intramolecular Hbond substituents is 2. The van der Waals surface area contributed by atoms with Crippen LogP contribution in [-0.4, -0.2) is 42.0 Å². The Bertz CT molecular complexity index is 1170. The molecule has 9 nitrogen and oxygen atoms in total. The Hall–Kier alpha value is -4.53. The molecule has 3 N–H and O–H groups in total. The van der Waals surface area contributed by atoms with Crippen molar-refractivity contribution in [3.8, 4) is 28.7 Å². The Morgan fingerprint density at radius 1 is 1.00 bits per heavy atom. The fourth-order valence-corrected chi connectivity index (χ4v) is 2.80. The molecule has 0 unspecified atom stereocenters. The molecule has 9 heteroatoms. The summed E-state index contributed by atoms with van der Waals surface area (Å²) >= 11 is 0. The van der Waals surface area contributed by atoms with Crippen molar-refractivity contribution in [2.24, 2.45) is 5.10 Å². The molecule has 170 valence electrons. The Labute approximate surface area is 189 Å². The predicted octanol–water partition coefficient (Wildman–Crippen LogP) is 3.49. The molecule has 0 aromatic heterocycles. The minimum atomic E-state index is -0.656. The maximum atomic E-state index is 12.4. The molecule has 0 spiro atoms. The number of nitrogens with one attached hydrogen (secondary N) is 1. The van der Waals surface area contributed by atoms with Crippen LogP contribution in [0.15, 0.2) is 65.8 Å². The average molecular weight is 450 g/mol. The van der Waals surface area contributed by atoms with E-state index in [1.54, 1.807) is 42.5 Å².